The minimum atomic E-state index is 0. The largest absolute Gasteiger partial charge is 1.00 e. The van der Waals surface area contributed by atoms with Gasteiger partial charge >= 0.3 is 0 Å². The number of hydrogen-bond acceptors (Lipinski definition) is 2. The summed E-state index contributed by atoms with van der Waals surface area (Å²) in [6.07, 6.45) is 47.5. The van der Waals surface area contributed by atoms with Gasteiger partial charge in [0.05, 0.1) is 0 Å². The zero-order chi connectivity index (χ0) is 30.9. The van der Waals surface area contributed by atoms with Crippen LogP contribution in [0, 0.1) is 5.92 Å². The van der Waals surface area contributed by atoms with Crippen molar-refractivity contribution in [2.45, 2.75) is 225 Å². The smallest absolute Gasteiger partial charge is 0.232 e. The molecule has 0 spiro atoms. The van der Waals surface area contributed by atoms with Gasteiger partial charge in [0.15, 0.2) is 0 Å². The third-order valence-corrected chi connectivity index (χ3v) is 10.3. The zero-order valence-electron chi connectivity index (χ0n) is 30.3. The van der Waals surface area contributed by atoms with Crippen molar-refractivity contribution >= 4 is 6.34 Å². The predicted molar refractivity (Wildman–Crippen MR) is 193 cm³/mol. The van der Waals surface area contributed by atoms with Crippen LogP contribution in [0.4, 0.5) is 0 Å². The highest BCUT2D eigenvalue weighted by atomic mass is 35.5. The molecule has 2 atom stereocenters. The Bertz CT molecular complexity index is 584. The molecule has 1 aliphatic heterocycles. The average Bonchev–Trinajstić information content (AvgIpc) is 3.56. The predicted octanol–water partition coefficient (Wildman–Crippen LogP) is 9.13. The molecule has 0 aromatic rings. The summed E-state index contributed by atoms with van der Waals surface area (Å²) >= 11 is 0. The van der Waals surface area contributed by atoms with Crippen molar-refractivity contribution in [3.05, 3.63) is 0 Å². The Hall–Kier alpha value is -0.280. The van der Waals surface area contributed by atoms with Gasteiger partial charge in [-0.2, -0.15) is 0 Å². The molecular weight excluding hydrogens is 560 g/mol. The molecule has 4 heteroatoms. The number of hydrogen-bond donors (Lipinski definition) is 2. The number of unbranched alkanes of at least 4 members (excludes halogenated alkanes) is 27. The van der Waals surface area contributed by atoms with Crippen molar-refractivity contribution in [2.24, 2.45) is 5.92 Å². The Labute approximate surface area is 284 Å². The quantitative estimate of drug-likeness (QED) is 0.0535. The minimum absolute atomic E-state index is 0. The molecule has 2 unspecified atom stereocenters. The van der Waals surface area contributed by atoms with Crippen molar-refractivity contribution < 1.29 is 22.1 Å². The third kappa shape index (κ3) is 26.9. The van der Waals surface area contributed by atoms with E-state index >= 15 is 0 Å². The summed E-state index contributed by atoms with van der Waals surface area (Å²) in [5.74, 6) is 0.739. The van der Waals surface area contributed by atoms with E-state index in [1.807, 2.05) is 0 Å². The van der Waals surface area contributed by atoms with E-state index < -0.39 is 0 Å². The first-order valence-corrected chi connectivity index (χ1v) is 20.3. The maximum atomic E-state index is 9.88. The van der Waals surface area contributed by atoms with Gasteiger partial charge in [0.2, 0.25) is 6.34 Å². The zero-order valence-corrected chi connectivity index (χ0v) is 31.0. The first-order chi connectivity index (χ1) is 21.3. The molecule has 264 valence electrons. The van der Waals surface area contributed by atoms with E-state index in [0.29, 0.717) is 12.6 Å². The molecule has 0 aliphatic carbocycles. The van der Waals surface area contributed by atoms with Gasteiger partial charge in [-0.15, -0.1) is 0 Å². The van der Waals surface area contributed by atoms with Crippen LogP contribution in [0.5, 0.6) is 0 Å². The van der Waals surface area contributed by atoms with E-state index in [1.54, 1.807) is 0 Å². The number of nitrogens with zero attached hydrogens (tertiary/aromatic N) is 1. The van der Waals surface area contributed by atoms with Crippen molar-refractivity contribution in [1.29, 1.82) is 0 Å². The first-order valence-electron chi connectivity index (χ1n) is 20.3. The highest BCUT2D eigenvalue weighted by Crippen LogP contribution is 2.26. The lowest BCUT2D eigenvalue weighted by atomic mass is 9.86. The maximum absolute atomic E-state index is 9.88. The average molecular weight is 642 g/mol. The second-order valence-electron chi connectivity index (χ2n) is 14.3. The molecule has 0 saturated heterocycles. The molecule has 3 nitrogen and oxygen atoms in total. The number of rotatable bonds is 35. The molecule has 44 heavy (non-hydrogen) atoms. The molecule has 0 amide bonds. The lowest BCUT2D eigenvalue weighted by molar-refractivity contribution is -0.564. The monoisotopic (exact) mass is 641 g/mol. The van der Waals surface area contributed by atoms with Crippen LogP contribution in [0.3, 0.4) is 0 Å². The normalized spacial score (nSPS) is 14.3. The summed E-state index contributed by atoms with van der Waals surface area (Å²) in [7, 11) is 0. The molecule has 0 aromatic heterocycles. The number of aliphatic hydroxyl groups is 1. The molecule has 2 N–H and O–H groups in total. The van der Waals surface area contributed by atoms with E-state index in [9.17, 15) is 5.11 Å². The van der Waals surface area contributed by atoms with Crippen LogP contribution in [0.1, 0.15) is 219 Å². The summed E-state index contributed by atoms with van der Waals surface area (Å²) in [6, 6.07) is 0.522. The first kappa shape index (κ1) is 43.7. The van der Waals surface area contributed by atoms with Crippen LogP contribution >= 0.6 is 0 Å². The Morgan fingerprint density at radius 3 is 1.09 bits per heavy atom. The minimum Gasteiger partial charge on any atom is -1.00 e. The number of halogens is 1. The summed E-state index contributed by atoms with van der Waals surface area (Å²) in [5, 5.41) is 13.3. The van der Waals surface area contributed by atoms with Crippen molar-refractivity contribution in [1.82, 2.24) is 5.32 Å². The molecule has 0 aromatic carbocycles. The van der Waals surface area contributed by atoms with Crippen molar-refractivity contribution in [3.63, 3.8) is 0 Å². The van der Waals surface area contributed by atoms with Crippen molar-refractivity contribution in [2.75, 3.05) is 19.7 Å². The summed E-state index contributed by atoms with van der Waals surface area (Å²) in [6.45, 7) is 7.10. The summed E-state index contributed by atoms with van der Waals surface area (Å²) in [5.41, 5.74) is 0. The standard InChI is InChI=1S/C40H80N2O.ClH/c1-3-5-7-9-11-13-15-17-19-21-23-25-27-29-31-33-39(40(34-37-43)42-36-35-41-38-42)32-30-28-26-24-22-20-18-16-14-12-10-8-6-4-2;/h38-40,43H,3-37H2,1-2H3;1H. The van der Waals surface area contributed by atoms with Gasteiger partial charge in [0, 0.05) is 13.0 Å². The summed E-state index contributed by atoms with van der Waals surface area (Å²) in [4.78, 5) is 0. The van der Waals surface area contributed by atoms with Crippen LogP contribution in [0.25, 0.3) is 0 Å². The van der Waals surface area contributed by atoms with Gasteiger partial charge in [-0.05, 0) is 18.8 Å². The Morgan fingerprint density at radius 2 is 0.818 bits per heavy atom. The van der Waals surface area contributed by atoms with E-state index in [2.05, 4.69) is 30.1 Å². The Kier molecular flexibility index (Phi) is 35.3. The van der Waals surface area contributed by atoms with Crippen LogP contribution < -0.4 is 17.7 Å². The topological polar surface area (TPSA) is 35.3 Å². The fourth-order valence-electron chi connectivity index (χ4n) is 7.41. The van der Waals surface area contributed by atoms with Gasteiger partial charge in [-0.25, -0.2) is 0 Å². The third-order valence-electron chi connectivity index (χ3n) is 10.3. The SMILES string of the molecule is CCCCCCCCCCCCCCCCCC(CCCCCCCCCCCCCCCC)C(CCO)[N+]1=CNCC1.[Cl-]. The Balaban J connectivity index is 0.0000185. The lowest BCUT2D eigenvalue weighted by Crippen LogP contribution is -3.00. The second-order valence-corrected chi connectivity index (χ2v) is 14.3. The van der Waals surface area contributed by atoms with Gasteiger partial charge in [-0.1, -0.05) is 200 Å². The summed E-state index contributed by atoms with van der Waals surface area (Å²) < 4.78 is 2.52. The molecule has 0 saturated carbocycles. The second kappa shape index (κ2) is 35.6. The van der Waals surface area contributed by atoms with Gasteiger partial charge in [0.1, 0.15) is 19.1 Å². The lowest BCUT2D eigenvalue weighted by Gasteiger charge is -2.26. The molecule has 0 bridgehead atoms. The highest BCUT2D eigenvalue weighted by Gasteiger charge is 2.28. The van der Waals surface area contributed by atoms with Crippen LogP contribution in [-0.4, -0.2) is 41.8 Å². The Morgan fingerprint density at radius 1 is 0.500 bits per heavy atom. The van der Waals surface area contributed by atoms with E-state index in [1.165, 1.54) is 199 Å². The molecule has 1 rings (SSSR count). The molecule has 0 radical (unpaired) electrons. The van der Waals surface area contributed by atoms with Crippen LogP contribution in [0.15, 0.2) is 0 Å². The molecule has 1 aliphatic rings. The van der Waals surface area contributed by atoms with Gasteiger partial charge in [0.25, 0.3) is 0 Å². The maximum Gasteiger partial charge on any atom is 0.232 e. The van der Waals surface area contributed by atoms with E-state index in [-0.39, 0.29) is 12.4 Å². The van der Waals surface area contributed by atoms with Gasteiger partial charge < -0.3 is 17.5 Å². The fraction of sp³-hybridized carbons (Fsp3) is 0.975. The number of nitrogens with one attached hydrogen (secondary N) is 1. The highest BCUT2D eigenvalue weighted by molar-refractivity contribution is 5.49. The van der Waals surface area contributed by atoms with E-state index in [4.69, 9.17) is 0 Å². The molecule has 1 heterocycles. The van der Waals surface area contributed by atoms with Crippen LogP contribution in [0.2, 0.25) is 0 Å². The molecular formula is C40H81ClN2O. The fourth-order valence-corrected chi connectivity index (χ4v) is 7.41. The molecule has 0 fully saturated rings. The van der Waals surface area contributed by atoms with Crippen LogP contribution in [-0.2, 0) is 0 Å². The van der Waals surface area contributed by atoms with Crippen molar-refractivity contribution in [3.8, 4) is 0 Å². The van der Waals surface area contributed by atoms with Gasteiger partial charge in [-0.3, -0.25) is 9.89 Å². The number of aliphatic hydroxyl groups excluding tert-OH is 1. The van der Waals surface area contributed by atoms with E-state index in [0.717, 1.165) is 25.4 Å².